The maximum Gasteiger partial charge on any atom is 0.177 e. The van der Waals surface area contributed by atoms with Crippen molar-refractivity contribution >= 4 is 16.9 Å². The summed E-state index contributed by atoms with van der Waals surface area (Å²) >= 11 is 1.34. The van der Waals surface area contributed by atoms with Crippen molar-refractivity contribution in [3.05, 3.63) is 24.2 Å². The van der Waals surface area contributed by atoms with Crippen molar-refractivity contribution in [2.75, 3.05) is 0 Å². The van der Waals surface area contributed by atoms with Crippen LogP contribution in [0, 0.1) is 0 Å². The van der Waals surface area contributed by atoms with Gasteiger partial charge in [0.25, 0.3) is 0 Å². The predicted octanol–water partition coefficient (Wildman–Crippen LogP) is 0.701. The Balaban J connectivity index is 2.35. The molecule has 4 N–H and O–H groups in total. The minimum Gasteiger partial charge on any atom is -0.468 e. The van der Waals surface area contributed by atoms with E-state index in [4.69, 9.17) is 16.0 Å². The van der Waals surface area contributed by atoms with E-state index in [0.29, 0.717) is 10.9 Å². The molecule has 0 spiro atoms. The number of furan rings is 1. The summed E-state index contributed by atoms with van der Waals surface area (Å²) in [4.78, 5) is 0. The molecule has 0 unspecified atom stereocenters. The molecule has 0 fully saturated rings. The number of nitrogens with zero attached hydrogens (tertiary/aromatic N) is 1. The van der Waals surface area contributed by atoms with E-state index in [9.17, 15) is 0 Å². The van der Waals surface area contributed by atoms with Crippen molar-refractivity contribution in [1.82, 2.24) is 0 Å². The molecule has 0 bridgehead atoms. The highest BCUT2D eigenvalue weighted by molar-refractivity contribution is 8.13. The maximum atomic E-state index is 5.34. The van der Waals surface area contributed by atoms with Crippen LogP contribution in [0.1, 0.15) is 5.76 Å². The van der Waals surface area contributed by atoms with Gasteiger partial charge in [0.2, 0.25) is 0 Å². The Hall–Kier alpha value is -1.10. The van der Waals surface area contributed by atoms with Crippen molar-refractivity contribution < 1.29 is 4.42 Å². The fourth-order valence-electron chi connectivity index (χ4n) is 0.577. The molecular formula is C6H9N3OS. The number of hydrogen-bond donors (Lipinski definition) is 2. The third-order valence-corrected chi connectivity index (χ3v) is 1.90. The standard InChI is InChI=1S/C6H9N3OS/c7-6(9-8)11-4-5-2-1-3-10-5/h1-3H,4,8H2,(H2,7,9). The van der Waals surface area contributed by atoms with E-state index in [1.807, 2.05) is 12.1 Å². The predicted molar refractivity (Wildman–Crippen MR) is 45.8 cm³/mol. The minimum absolute atomic E-state index is 0.362. The van der Waals surface area contributed by atoms with Crippen LogP contribution in [0.5, 0.6) is 0 Å². The smallest absolute Gasteiger partial charge is 0.177 e. The average Bonchev–Trinajstić information content (AvgIpc) is 2.52. The van der Waals surface area contributed by atoms with E-state index in [1.165, 1.54) is 11.8 Å². The van der Waals surface area contributed by atoms with Crippen molar-refractivity contribution in [2.24, 2.45) is 16.7 Å². The van der Waals surface area contributed by atoms with Gasteiger partial charge in [0.05, 0.1) is 12.0 Å². The molecule has 0 atom stereocenters. The highest BCUT2D eigenvalue weighted by Gasteiger charge is 1.97. The number of rotatable bonds is 2. The van der Waals surface area contributed by atoms with Crippen molar-refractivity contribution in [2.45, 2.75) is 5.75 Å². The second-order valence-electron chi connectivity index (χ2n) is 1.84. The minimum atomic E-state index is 0.362. The van der Waals surface area contributed by atoms with Gasteiger partial charge in [-0.15, -0.1) is 0 Å². The number of nitrogens with two attached hydrogens (primary N) is 2. The van der Waals surface area contributed by atoms with E-state index >= 15 is 0 Å². The van der Waals surface area contributed by atoms with Crippen LogP contribution in [0.15, 0.2) is 27.9 Å². The molecule has 0 saturated carbocycles. The monoisotopic (exact) mass is 171 g/mol. The summed E-state index contributed by atoms with van der Waals surface area (Å²) in [5.74, 6) is 6.45. The lowest BCUT2D eigenvalue weighted by Gasteiger charge is -1.94. The fraction of sp³-hybridized carbons (Fsp3) is 0.167. The SMILES string of the molecule is NN=C(N)SCc1ccco1. The van der Waals surface area contributed by atoms with Gasteiger partial charge >= 0.3 is 0 Å². The molecule has 1 rings (SSSR count). The molecule has 60 valence electrons. The summed E-state index contributed by atoms with van der Waals surface area (Å²) < 4.78 is 5.06. The van der Waals surface area contributed by atoms with Gasteiger partial charge in [-0.25, -0.2) is 0 Å². The summed E-state index contributed by atoms with van der Waals surface area (Å²) in [6, 6.07) is 3.70. The molecule has 0 radical (unpaired) electrons. The Morgan fingerprint density at radius 1 is 1.73 bits per heavy atom. The second-order valence-corrected chi connectivity index (χ2v) is 2.83. The quantitative estimate of drug-likeness (QED) is 0.297. The number of hydrazone groups is 1. The van der Waals surface area contributed by atoms with Crippen LogP contribution in [0.25, 0.3) is 0 Å². The lowest BCUT2D eigenvalue weighted by molar-refractivity contribution is 0.530. The molecule has 1 heterocycles. The summed E-state index contributed by atoms with van der Waals surface area (Å²) in [5, 5.41) is 3.67. The molecule has 0 amide bonds. The van der Waals surface area contributed by atoms with E-state index in [0.717, 1.165) is 5.76 Å². The maximum absolute atomic E-state index is 5.34. The lowest BCUT2D eigenvalue weighted by atomic mass is 10.5. The van der Waals surface area contributed by atoms with E-state index in [2.05, 4.69) is 5.10 Å². The first-order valence-corrected chi connectivity index (χ1v) is 4.00. The van der Waals surface area contributed by atoms with Crippen LogP contribution in [0.4, 0.5) is 0 Å². The van der Waals surface area contributed by atoms with Gasteiger partial charge in [-0.3, -0.25) is 0 Å². The normalized spacial score (nSPS) is 11.8. The zero-order valence-electron chi connectivity index (χ0n) is 5.86. The van der Waals surface area contributed by atoms with Crippen LogP contribution in [-0.2, 0) is 5.75 Å². The zero-order chi connectivity index (χ0) is 8.10. The van der Waals surface area contributed by atoms with Gasteiger partial charge in [-0.1, -0.05) is 11.8 Å². The molecular weight excluding hydrogens is 162 g/mol. The van der Waals surface area contributed by atoms with Crippen LogP contribution >= 0.6 is 11.8 Å². The Morgan fingerprint density at radius 3 is 3.09 bits per heavy atom. The molecule has 11 heavy (non-hydrogen) atoms. The van der Waals surface area contributed by atoms with Crippen LogP contribution in [0.2, 0.25) is 0 Å². The fourth-order valence-corrected chi connectivity index (χ4v) is 1.11. The Morgan fingerprint density at radius 2 is 2.55 bits per heavy atom. The van der Waals surface area contributed by atoms with Crippen molar-refractivity contribution in [1.29, 1.82) is 0 Å². The number of thioether (sulfide) groups is 1. The van der Waals surface area contributed by atoms with Crippen molar-refractivity contribution in [3.8, 4) is 0 Å². The first-order valence-electron chi connectivity index (χ1n) is 3.01. The summed E-state index contributed by atoms with van der Waals surface area (Å²) in [6.07, 6.45) is 1.62. The largest absolute Gasteiger partial charge is 0.468 e. The Bertz CT molecular complexity index is 232. The first-order chi connectivity index (χ1) is 5.33. The highest BCUT2D eigenvalue weighted by Crippen LogP contribution is 2.11. The molecule has 0 aliphatic carbocycles. The van der Waals surface area contributed by atoms with Gasteiger partial charge in [0, 0.05) is 0 Å². The van der Waals surface area contributed by atoms with Crippen molar-refractivity contribution in [3.63, 3.8) is 0 Å². The third-order valence-electron chi connectivity index (χ3n) is 1.07. The Kier molecular flexibility index (Phi) is 2.85. The molecule has 0 saturated heterocycles. The van der Waals surface area contributed by atoms with Gasteiger partial charge in [0.15, 0.2) is 5.17 Å². The van der Waals surface area contributed by atoms with Gasteiger partial charge in [0.1, 0.15) is 5.76 Å². The van der Waals surface area contributed by atoms with Gasteiger partial charge in [-0.05, 0) is 12.1 Å². The third kappa shape index (κ3) is 2.55. The lowest BCUT2D eigenvalue weighted by Crippen LogP contribution is -2.09. The summed E-state index contributed by atoms with van der Waals surface area (Å²) in [7, 11) is 0. The number of hydrogen-bond acceptors (Lipinski definition) is 4. The van der Waals surface area contributed by atoms with E-state index in [-0.39, 0.29) is 0 Å². The zero-order valence-corrected chi connectivity index (χ0v) is 6.67. The van der Waals surface area contributed by atoms with Gasteiger partial charge in [-0.2, -0.15) is 5.10 Å². The van der Waals surface area contributed by atoms with Gasteiger partial charge < -0.3 is 16.0 Å². The molecule has 1 aromatic rings. The molecule has 1 aromatic heterocycles. The van der Waals surface area contributed by atoms with Crippen LogP contribution < -0.4 is 11.6 Å². The summed E-state index contributed by atoms with van der Waals surface area (Å²) in [6.45, 7) is 0. The molecule has 4 nitrogen and oxygen atoms in total. The molecule has 5 heteroatoms. The Labute approximate surface area is 68.6 Å². The molecule has 0 aliphatic heterocycles. The average molecular weight is 171 g/mol. The highest BCUT2D eigenvalue weighted by atomic mass is 32.2. The van der Waals surface area contributed by atoms with Crippen LogP contribution in [0.3, 0.4) is 0 Å². The molecule has 0 aromatic carbocycles. The molecule has 0 aliphatic rings. The summed E-state index contributed by atoms with van der Waals surface area (Å²) in [5.41, 5.74) is 5.34. The van der Waals surface area contributed by atoms with Crippen LogP contribution in [-0.4, -0.2) is 5.17 Å². The van der Waals surface area contributed by atoms with E-state index < -0.39 is 0 Å². The first kappa shape index (κ1) is 8.00. The second kappa shape index (κ2) is 3.92. The topological polar surface area (TPSA) is 77.5 Å². The number of amidine groups is 1. The van der Waals surface area contributed by atoms with E-state index in [1.54, 1.807) is 6.26 Å².